The van der Waals surface area contributed by atoms with Gasteiger partial charge in [-0.1, -0.05) is 36.8 Å². The van der Waals surface area contributed by atoms with Crippen molar-refractivity contribution in [2.45, 2.75) is 20.3 Å². The van der Waals surface area contributed by atoms with Gasteiger partial charge in [-0.15, -0.1) is 0 Å². The predicted octanol–water partition coefficient (Wildman–Crippen LogP) is 4.29. The van der Waals surface area contributed by atoms with E-state index in [4.69, 9.17) is 0 Å². The average Bonchev–Trinajstić information content (AvgIpc) is 2.67. The van der Waals surface area contributed by atoms with E-state index in [1.165, 1.54) is 22.3 Å². The second-order valence-electron chi connectivity index (χ2n) is 3.53. The molecule has 1 heterocycles. The van der Waals surface area contributed by atoms with Gasteiger partial charge in [-0.05, 0) is 40.8 Å². The fourth-order valence-corrected chi connectivity index (χ4v) is 2.53. The second kappa shape index (κ2) is 3.97. The molecule has 14 heavy (non-hydrogen) atoms. The van der Waals surface area contributed by atoms with Gasteiger partial charge in [0.05, 0.1) is 0 Å². The third kappa shape index (κ3) is 1.73. The van der Waals surface area contributed by atoms with Gasteiger partial charge in [-0.25, -0.2) is 0 Å². The monoisotopic (exact) mass is 202 g/mol. The summed E-state index contributed by atoms with van der Waals surface area (Å²) in [5.74, 6) is 0. The van der Waals surface area contributed by atoms with Gasteiger partial charge in [0.2, 0.25) is 0 Å². The third-order valence-electron chi connectivity index (χ3n) is 2.49. The van der Waals surface area contributed by atoms with Crippen LogP contribution in [-0.2, 0) is 6.42 Å². The van der Waals surface area contributed by atoms with Gasteiger partial charge >= 0.3 is 0 Å². The Morgan fingerprint density at radius 1 is 1.07 bits per heavy atom. The highest BCUT2D eigenvalue weighted by Crippen LogP contribution is 2.27. The largest absolute Gasteiger partial charge is 0.151 e. The van der Waals surface area contributed by atoms with Gasteiger partial charge in [0, 0.05) is 0 Å². The Hall–Kier alpha value is -1.08. The van der Waals surface area contributed by atoms with Gasteiger partial charge in [-0.2, -0.15) is 11.3 Å². The van der Waals surface area contributed by atoms with Gasteiger partial charge < -0.3 is 0 Å². The average molecular weight is 202 g/mol. The second-order valence-corrected chi connectivity index (χ2v) is 4.27. The van der Waals surface area contributed by atoms with Gasteiger partial charge in [0.15, 0.2) is 0 Å². The molecule has 0 fully saturated rings. The number of thiophene rings is 1. The molecule has 2 aromatic rings. The molecule has 0 bridgehead atoms. The lowest BCUT2D eigenvalue weighted by atomic mass is 10.0. The Labute approximate surface area is 89.2 Å². The number of hydrogen-bond donors (Lipinski definition) is 0. The van der Waals surface area contributed by atoms with Crippen molar-refractivity contribution in [2.75, 3.05) is 0 Å². The minimum Gasteiger partial charge on any atom is -0.151 e. The van der Waals surface area contributed by atoms with Crippen molar-refractivity contribution in [1.82, 2.24) is 0 Å². The zero-order valence-corrected chi connectivity index (χ0v) is 9.40. The van der Waals surface area contributed by atoms with E-state index in [1.54, 1.807) is 11.3 Å². The van der Waals surface area contributed by atoms with Crippen molar-refractivity contribution >= 4 is 11.3 Å². The number of rotatable bonds is 2. The standard InChI is InChI=1S/C13H14S/c1-3-11-8-14-9-13(11)12-6-4-10(2)5-7-12/h4-9H,3H2,1-2H3. The van der Waals surface area contributed by atoms with Crippen LogP contribution in [0.15, 0.2) is 35.0 Å². The van der Waals surface area contributed by atoms with E-state index >= 15 is 0 Å². The first-order valence-electron chi connectivity index (χ1n) is 4.93. The first-order valence-corrected chi connectivity index (χ1v) is 5.87. The molecule has 1 aromatic heterocycles. The Balaban J connectivity index is 2.44. The van der Waals surface area contributed by atoms with Crippen LogP contribution in [0.4, 0.5) is 0 Å². The molecule has 0 saturated heterocycles. The molecule has 0 amide bonds. The van der Waals surface area contributed by atoms with Crippen molar-refractivity contribution < 1.29 is 0 Å². The summed E-state index contributed by atoms with van der Waals surface area (Å²) in [6.45, 7) is 4.33. The number of benzene rings is 1. The molecule has 0 aliphatic heterocycles. The molecule has 72 valence electrons. The summed E-state index contributed by atoms with van der Waals surface area (Å²) in [6.07, 6.45) is 1.12. The van der Waals surface area contributed by atoms with Crippen molar-refractivity contribution in [3.05, 3.63) is 46.2 Å². The van der Waals surface area contributed by atoms with Crippen molar-refractivity contribution in [2.24, 2.45) is 0 Å². The first kappa shape index (κ1) is 9.47. The van der Waals surface area contributed by atoms with Crippen LogP contribution in [0.3, 0.4) is 0 Å². The fourth-order valence-electron chi connectivity index (χ4n) is 1.58. The summed E-state index contributed by atoms with van der Waals surface area (Å²) in [4.78, 5) is 0. The maximum atomic E-state index is 2.25. The van der Waals surface area contributed by atoms with E-state index in [0.717, 1.165) is 6.42 Å². The molecule has 0 aliphatic rings. The Morgan fingerprint density at radius 3 is 2.43 bits per heavy atom. The number of hydrogen-bond acceptors (Lipinski definition) is 1. The smallest absolute Gasteiger partial charge is 0.00119 e. The van der Waals surface area contributed by atoms with Gasteiger partial charge in [-0.3, -0.25) is 0 Å². The molecule has 0 atom stereocenters. The fraction of sp³-hybridized carbons (Fsp3) is 0.231. The van der Waals surface area contributed by atoms with Crippen LogP contribution in [0.1, 0.15) is 18.1 Å². The predicted molar refractivity (Wildman–Crippen MR) is 63.9 cm³/mol. The Morgan fingerprint density at radius 2 is 1.79 bits per heavy atom. The van der Waals surface area contributed by atoms with E-state index in [9.17, 15) is 0 Å². The van der Waals surface area contributed by atoms with E-state index in [1.807, 2.05) is 0 Å². The SMILES string of the molecule is CCc1cscc1-c1ccc(C)cc1. The van der Waals surface area contributed by atoms with Crippen LogP contribution in [0, 0.1) is 6.92 Å². The maximum absolute atomic E-state index is 2.25. The zero-order valence-electron chi connectivity index (χ0n) is 8.58. The van der Waals surface area contributed by atoms with Gasteiger partial charge in [0.25, 0.3) is 0 Å². The highest BCUT2D eigenvalue weighted by molar-refractivity contribution is 7.08. The summed E-state index contributed by atoms with van der Waals surface area (Å²) >= 11 is 1.79. The Bertz CT molecular complexity index is 409. The van der Waals surface area contributed by atoms with Gasteiger partial charge in [0.1, 0.15) is 0 Å². The molecular weight excluding hydrogens is 188 g/mol. The highest BCUT2D eigenvalue weighted by atomic mass is 32.1. The molecule has 0 nitrogen and oxygen atoms in total. The summed E-state index contributed by atoms with van der Waals surface area (Å²) in [7, 11) is 0. The molecule has 0 saturated carbocycles. The molecule has 0 spiro atoms. The molecule has 2 rings (SSSR count). The molecule has 0 aliphatic carbocycles. The van der Waals surface area contributed by atoms with Crippen LogP contribution in [0.2, 0.25) is 0 Å². The van der Waals surface area contributed by atoms with Crippen molar-refractivity contribution in [3.8, 4) is 11.1 Å². The van der Waals surface area contributed by atoms with E-state index in [2.05, 4.69) is 48.9 Å². The van der Waals surface area contributed by atoms with Crippen LogP contribution >= 0.6 is 11.3 Å². The number of aryl methyl sites for hydroxylation is 2. The molecular formula is C13H14S. The summed E-state index contributed by atoms with van der Waals surface area (Å²) in [5, 5.41) is 4.48. The highest BCUT2D eigenvalue weighted by Gasteiger charge is 2.03. The van der Waals surface area contributed by atoms with E-state index in [-0.39, 0.29) is 0 Å². The van der Waals surface area contributed by atoms with E-state index in [0.29, 0.717) is 0 Å². The normalized spacial score (nSPS) is 10.4. The lowest BCUT2D eigenvalue weighted by Gasteiger charge is -2.02. The Kier molecular flexibility index (Phi) is 2.69. The summed E-state index contributed by atoms with van der Waals surface area (Å²) in [6, 6.07) is 8.76. The molecule has 0 radical (unpaired) electrons. The first-order chi connectivity index (χ1) is 6.81. The molecule has 0 unspecified atom stereocenters. The van der Waals surface area contributed by atoms with Crippen LogP contribution in [-0.4, -0.2) is 0 Å². The van der Waals surface area contributed by atoms with Crippen molar-refractivity contribution in [3.63, 3.8) is 0 Å². The molecule has 1 heteroatoms. The van der Waals surface area contributed by atoms with Crippen molar-refractivity contribution in [1.29, 1.82) is 0 Å². The lowest BCUT2D eigenvalue weighted by Crippen LogP contribution is -1.81. The van der Waals surface area contributed by atoms with Crippen LogP contribution in [0.25, 0.3) is 11.1 Å². The molecule has 1 aromatic carbocycles. The van der Waals surface area contributed by atoms with E-state index < -0.39 is 0 Å². The summed E-state index contributed by atoms with van der Waals surface area (Å²) < 4.78 is 0. The maximum Gasteiger partial charge on any atom is -0.00119 e. The third-order valence-corrected chi connectivity index (χ3v) is 3.28. The lowest BCUT2D eigenvalue weighted by molar-refractivity contribution is 1.16. The minimum atomic E-state index is 1.12. The molecule has 0 N–H and O–H groups in total. The van der Waals surface area contributed by atoms with Crippen LogP contribution < -0.4 is 0 Å². The topological polar surface area (TPSA) is 0 Å². The van der Waals surface area contributed by atoms with Crippen LogP contribution in [0.5, 0.6) is 0 Å². The zero-order chi connectivity index (χ0) is 9.97. The quantitative estimate of drug-likeness (QED) is 0.681. The minimum absolute atomic E-state index is 1.12. The summed E-state index contributed by atoms with van der Waals surface area (Å²) in [5.41, 5.74) is 5.52.